The van der Waals surface area contributed by atoms with Crippen LogP contribution in [0.15, 0.2) is 47.3 Å². The van der Waals surface area contributed by atoms with Crippen LogP contribution in [-0.4, -0.2) is 94.6 Å². The molecule has 3 aromatic heterocycles. The molecule has 7 heterocycles. The molecule has 14 heteroatoms. The highest BCUT2D eigenvalue weighted by Crippen LogP contribution is 2.47. The highest BCUT2D eigenvalue weighted by molar-refractivity contribution is 7.21. The molecule has 0 radical (unpaired) electrons. The number of fused-ring (bicyclic) bond motifs is 6. The molecule has 5 aliphatic rings. The Hall–Kier alpha value is -4.95. The summed E-state index contributed by atoms with van der Waals surface area (Å²) in [7, 11) is 1.76. The molecular formula is C42H49N9O4S. The Kier molecular flexibility index (Phi) is 8.62. The Morgan fingerprint density at radius 1 is 0.839 bits per heavy atom. The molecule has 2 aromatic carbocycles. The highest BCUT2D eigenvalue weighted by Gasteiger charge is 2.40. The standard InChI is InChI=1S/C42H49N9O4S/c1-25-24-43-37-36-28-4-9-34(45-29(28)5-8-33(36)56-38(37)40(54)44-25)50-21-19-49(20-22-50)26-11-13-42(14-12-26)15-17-48(18-16-42)27-3-6-30-32(23-27)47(2)41(55)51(30)31-7-10-35(52)46-39(31)53/h3-6,8-9,23,25-26,31,43H,7,10-22,24H2,1-2H3,(H,44,54)(H,46,52,53)/t25-,31?/m1/s1. The number of carbonyl (C=O) groups is 3. The van der Waals surface area contributed by atoms with E-state index in [1.807, 2.05) is 13.0 Å². The van der Waals surface area contributed by atoms with Gasteiger partial charge in [0, 0.05) is 92.5 Å². The number of nitrogens with one attached hydrogen (secondary N) is 3. The van der Waals surface area contributed by atoms with Crippen LogP contribution in [0.5, 0.6) is 0 Å². The third kappa shape index (κ3) is 5.94. The van der Waals surface area contributed by atoms with Crippen molar-refractivity contribution >= 4 is 78.3 Å². The number of piperidine rings is 2. The molecule has 1 spiro atoms. The number of imidazole rings is 1. The molecule has 10 rings (SSSR count). The van der Waals surface area contributed by atoms with Crippen molar-refractivity contribution in [1.82, 2.24) is 29.7 Å². The Morgan fingerprint density at radius 2 is 1.62 bits per heavy atom. The quantitative estimate of drug-likeness (QED) is 0.216. The first-order valence-electron chi connectivity index (χ1n) is 20.3. The van der Waals surface area contributed by atoms with Crippen molar-refractivity contribution < 1.29 is 14.4 Å². The van der Waals surface area contributed by atoms with E-state index in [4.69, 9.17) is 4.98 Å². The first kappa shape index (κ1) is 35.5. The number of benzene rings is 2. The summed E-state index contributed by atoms with van der Waals surface area (Å²) < 4.78 is 4.29. The average Bonchev–Trinajstić information content (AvgIpc) is 3.66. The van der Waals surface area contributed by atoms with Gasteiger partial charge in [0.1, 0.15) is 16.7 Å². The van der Waals surface area contributed by atoms with Gasteiger partial charge in [-0.2, -0.15) is 0 Å². The third-order valence-electron chi connectivity index (χ3n) is 13.6. The molecular weight excluding hydrogens is 727 g/mol. The monoisotopic (exact) mass is 775 g/mol. The number of aryl methyl sites for hydroxylation is 1. The van der Waals surface area contributed by atoms with Crippen LogP contribution in [0, 0.1) is 5.41 Å². The number of aromatic nitrogens is 3. The van der Waals surface area contributed by atoms with Crippen molar-refractivity contribution in [3.05, 3.63) is 57.8 Å². The zero-order valence-corrected chi connectivity index (χ0v) is 32.9. The second-order valence-electron chi connectivity index (χ2n) is 16.8. The second kappa shape index (κ2) is 13.6. The molecule has 1 saturated carbocycles. The van der Waals surface area contributed by atoms with Crippen molar-refractivity contribution in [3.63, 3.8) is 0 Å². The average molecular weight is 776 g/mol. The van der Waals surface area contributed by atoms with Crippen LogP contribution in [0.2, 0.25) is 0 Å². The van der Waals surface area contributed by atoms with E-state index >= 15 is 0 Å². The molecule has 3 amide bonds. The van der Waals surface area contributed by atoms with E-state index < -0.39 is 11.9 Å². The minimum Gasteiger partial charge on any atom is -0.381 e. The number of imide groups is 1. The molecule has 1 unspecified atom stereocenters. The van der Waals surface area contributed by atoms with E-state index in [1.54, 1.807) is 27.5 Å². The van der Waals surface area contributed by atoms with E-state index in [0.29, 0.717) is 24.4 Å². The van der Waals surface area contributed by atoms with Crippen LogP contribution in [0.4, 0.5) is 17.2 Å². The van der Waals surface area contributed by atoms with Crippen LogP contribution >= 0.6 is 11.3 Å². The number of hydrogen-bond donors (Lipinski definition) is 3. The highest BCUT2D eigenvalue weighted by atomic mass is 32.1. The fourth-order valence-corrected chi connectivity index (χ4v) is 11.4. The molecule has 2 atom stereocenters. The molecule has 292 valence electrons. The number of carbonyl (C=O) groups excluding carboxylic acids is 3. The van der Waals surface area contributed by atoms with Crippen molar-refractivity contribution in [3.8, 4) is 0 Å². The summed E-state index contributed by atoms with van der Waals surface area (Å²) in [5, 5.41) is 11.2. The van der Waals surface area contributed by atoms with Gasteiger partial charge in [0.2, 0.25) is 11.8 Å². The number of hydrogen-bond acceptors (Lipinski definition) is 10. The Balaban J connectivity index is 0.752. The number of piperazine rings is 1. The molecule has 4 fully saturated rings. The second-order valence-corrected chi connectivity index (χ2v) is 17.9. The zero-order valence-electron chi connectivity index (χ0n) is 32.1. The van der Waals surface area contributed by atoms with Gasteiger partial charge in [-0.15, -0.1) is 11.3 Å². The SMILES string of the molecule is C[C@@H]1CNc2c(sc3ccc4nc(N5CCN(C6CCC7(CC6)CCN(c6ccc8c(c6)n(C)c(=O)n8C6CCC(=O)NC6=O)CC7)CC5)ccc4c23)C(=O)N1. The maximum Gasteiger partial charge on any atom is 0.329 e. The van der Waals surface area contributed by atoms with Gasteiger partial charge in [0.05, 0.1) is 22.2 Å². The number of thiophene rings is 1. The number of amides is 3. The van der Waals surface area contributed by atoms with Gasteiger partial charge in [0.15, 0.2) is 0 Å². The van der Waals surface area contributed by atoms with Crippen molar-refractivity contribution in [2.24, 2.45) is 12.5 Å². The molecule has 13 nitrogen and oxygen atoms in total. The fraction of sp³-hybridized carbons (Fsp3) is 0.500. The maximum atomic E-state index is 13.3. The zero-order chi connectivity index (χ0) is 38.3. The molecule has 3 saturated heterocycles. The predicted octanol–water partition coefficient (Wildman–Crippen LogP) is 4.98. The summed E-state index contributed by atoms with van der Waals surface area (Å²) in [5.74, 6) is 0.335. The normalized spacial score (nSPS) is 23.7. The Bertz CT molecular complexity index is 2460. The molecule has 4 aliphatic heterocycles. The van der Waals surface area contributed by atoms with Crippen LogP contribution in [0.3, 0.4) is 0 Å². The van der Waals surface area contributed by atoms with Crippen LogP contribution in [0.1, 0.15) is 74.0 Å². The fourth-order valence-electron chi connectivity index (χ4n) is 10.3. The van der Waals surface area contributed by atoms with E-state index in [1.165, 1.54) is 38.5 Å². The number of anilines is 3. The Labute approximate surface area is 329 Å². The first-order chi connectivity index (χ1) is 27.1. The van der Waals surface area contributed by atoms with E-state index in [-0.39, 0.29) is 30.0 Å². The van der Waals surface area contributed by atoms with Gasteiger partial charge >= 0.3 is 5.69 Å². The lowest BCUT2D eigenvalue weighted by Crippen LogP contribution is -2.52. The molecule has 1 aliphatic carbocycles. The molecule has 56 heavy (non-hydrogen) atoms. The van der Waals surface area contributed by atoms with Crippen LogP contribution < -0.4 is 31.4 Å². The molecule has 5 aromatic rings. The van der Waals surface area contributed by atoms with Crippen molar-refractivity contribution in [1.29, 1.82) is 0 Å². The minimum atomic E-state index is -0.672. The minimum absolute atomic E-state index is 0.00346. The molecule has 0 bridgehead atoms. The maximum absolute atomic E-state index is 13.3. The van der Waals surface area contributed by atoms with Crippen LogP contribution in [-0.2, 0) is 16.6 Å². The van der Waals surface area contributed by atoms with Gasteiger partial charge in [-0.1, -0.05) is 0 Å². The van der Waals surface area contributed by atoms with Crippen molar-refractivity contribution in [2.75, 3.05) is 60.9 Å². The van der Waals surface area contributed by atoms with Crippen LogP contribution in [0.25, 0.3) is 32.0 Å². The predicted molar refractivity (Wildman–Crippen MR) is 221 cm³/mol. The van der Waals surface area contributed by atoms with Gasteiger partial charge in [-0.05, 0) is 99.7 Å². The third-order valence-corrected chi connectivity index (χ3v) is 14.8. The van der Waals surface area contributed by atoms with Gasteiger partial charge in [-0.3, -0.25) is 33.7 Å². The summed E-state index contributed by atoms with van der Waals surface area (Å²) in [6.45, 7) is 8.77. The van der Waals surface area contributed by atoms with E-state index in [0.717, 1.165) is 93.4 Å². The van der Waals surface area contributed by atoms with E-state index in [2.05, 4.69) is 67.0 Å². The summed E-state index contributed by atoms with van der Waals surface area (Å²) in [5.41, 5.74) is 4.74. The van der Waals surface area contributed by atoms with Gasteiger partial charge < -0.3 is 20.4 Å². The van der Waals surface area contributed by atoms with Gasteiger partial charge in [-0.25, -0.2) is 9.78 Å². The summed E-state index contributed by atoms with van der Waals surface area (Å²) in [4.78, 5) is 64.0. The van der Waals surface area contributed by atoms with E-state index in [9.17, 15) is 19.2 Å². The number of pyridine rings is 1. The van der Waals surface area contributed by atoms with Crippen molar-refractivity contribution in [2.45, 2.75) is 76.4 Å². The lowest BCUT2D eigenvalue weighted by atomic mass is 9.66. The van der Waals surface area contributed by atoms with Gasteiger partial charge in [0.25, 0.3) is 5.91 Å². The largest absolute Gasteiger partial charge is 0.381 e. The topological polar surface area (TPSA) is 137 Å². The summed E-state index contributed by atoms with van der Waals surface area (Å²) >= 11 is 1.55. The number of rotatable bonds is 4. The summed E-state index contributed by atoms with van der Waals surface area (Å²) in [6, 6.07) is 14.8. The number of nitrogens with zero attached hydrogens (tertiary/aromatic N) is 6. The lowest BCUT2D eigenvalue weighted by molar-refractivity contribution is -0.135. The smallest absolute Gasteiger partial charge is 0.329 e. The summed E-state index contributed by atoms with van der Waals surface area (Å²) in [6.07, 6.45) is 7.98. The lowest BCUT2D eigenvalue weighted by Gasteiger charge is -2.49. The molecule has 3 N–H and O–H groups in total. The first-order valence-corrected chi connectivity index (χ1v) is 21.2. The Morgan fingerprint density at radius 3 is 2.39 bits per heavy atom.